The molecular formula is C20H16N2O3S2. The molecular weight excluding hydrogens is 380 g/mol. The maximum absolute atomic E-state index is 12.5. The Hall–Kier alpha value is -2.90. The van der Waals surface area contributed by atoms with Gasteiger partial charge in [-0.2, -0.15) is 0 Å². The molecule has 0 aliphatic carbocycles. The van der Waals surface area contributed by atoms with Gasteiger partial charge in [-0.3, -0.25) is 14.5 Å². The van der Waals surface area contributed by atoms with Gasteiger partial charge in [0, 0.05) is 11.8 Å². The third kappa shape index (κ3) is 5.06. The Morgan fingerprint density at radius 2 is 1.96 bits per heavy atom. The van der Waals surface area contributed by atoms with Crippen LogP contribution >= 0.6 is 24.0 Å². The molecule has 2 aromatic carbocycles. The van der Waals surface area contributed by atoms with Crippen LogP contribution in [-0.4, -0.2) is 32.7 Å². The Balaban J connectivity index is 1.62. The lowest BCUT2D eigenvalue weighted by Crippen LogP contribution is -2.36. The summed E-state index contributed by atoms with van der Waals surface area (Å²) >= 11 is 6.39. The highest BCUT2D eigenvalue weighted by Gasteiger charge is 2.33. The fourth-order valence-electron chi connectivity index (χ4n) is 2.39. The third-order valence-electron chi connectivity index (χ3n) is 3.64. The molecule has 1 aliphatic rings. The van der Waals surface area contributed by atoms with Gasteiger partial charge in [-0.05, 0) is 23.8 Å². The zero-order valence-electron chi connectivity index (χ0n) is 14.2. The van der Waals surface area contributed by atoms with Crippen LogP contribution < -0.4 is 5.32 Å². The molecule has 2 amide bonds. The summed E-state index contributed by atoms with van der Waals surface area (Å²) in [6, 6.07) is 15.9. The van der Waals surface area contributed by atoms with E-state index in [-0.39, 0.29) is 18.2 Å². The van der Waals surface area contributed by atoms with Gasteiger partial charge >= 0.3 is 0 Å². The van der Waals surface area contributed by atoms with Crippen LogP contribution in [0.4, 0.5) is 5.69 Å². The number of hydrogen-bond donors (Lipinski definition) is 2. The fourth-order valence-corrected chi connectivity index (χ4v) is 3.60. The Bertz CT molecular complexity index is 939. The monoisotopic (exact) mass is 396 g/mol. The number of anilines is 1. The van der Waals surface area contributed by atoms with Crippen LogP contribution in [0.2, 0.25) is 0 Å². The summed E-state index contributed by atoms with van der Waals surface area (Å²) in [5.74, 6) is -0.640. The quantitative estimate of drug-likeness (QED) is 0.594. The molecule has 2 aromatic rings. The van der Waals surface area contributed by atoms with Crippen LogP contribution in [0.1, 0.15) is 5.56 Å². The summed E-state index contributed by atoms with van der Waals surface area (Å²) in [5.41, 5.74) is 1.47. The van der Waals surface area contributed by atoms with E-state index in [1.165, 1.54) is 28.8 Å². The molecule has 0 spiro atoms. The van der Waals surface area contributed by atoms with Crippen LogP contribution in [0.3, 0.4) is 0 Å². The second-order valence-corrected chi connectivity index (χ2v) is 7.33. The first kappa shape index (κ1) is 18.9. The summed E-state index contributed by atoms with van der Waals surface area (Å²) in [5, 5.41) is 12.1. The summed E-state index contributed by atoms with van der Waals surface area (Å²) in [4.78, 5) is 26.4. The number of thioether (sulfide) groups is 1. The number of phenolic OH excluding ortho intramolecular Hbond substituents is 1. The van der Waals surface area contributed by atoms with Crippen molar-refractivity contribution in [1.29, 1.82) is 0 Å². The summed E-state index contributed by atoms with van der Waals surface area (Å²) < 4.78 is 0.338. The van der Waals surface area contributed by atoms with E-state index < -0.39 is 5.91 Å². The number of thiocarbonyl (C=S) groups is 1. The largest absolute Gasteiger partial charge is 0.508 e. The highest BCUT2D eigenvalue weighted by atomic mass is 32.2. The minimum atomic E-state index is -0.391. The molecule has 5 nitrogen and oxygen atoms in total. The van der Waals surface area contributed by atoms with Crippen molar-refractivity contribution in [2.45, 2.75) is 0 Å². The number of nitrogens with one attached hydrogen (secondary N) is 1. The lowest BCUT2D eigenvalue weighted by atomic mass is 10.2. The van der Waals surface area contributed by atoms with Crippen molar-refractivity contribution in [3.05, 3.63) is 77.2 Å². The van der Waals surface area contributed by atoms with Gasteiger partial charge in [-0.1, -0.05) is 72.5 Å². The highest BCUT2D eigenvalue weighted by molar-refractivity contribution is 8.26. The maximum Gasteiger partial charge on any atom is 0.266 e. The Morgan fingerprint density at radius 3 is 2.70 bits per heavy atom. The van der Waals surface area contributed by atoms with Gasteiger partial charge in [-0.15, -0.1) is 0 Å². The lowest BCUT2D eigenvalue weighted by Gasteiger charge is -2.14. The zero-order valence-corrected chi connectivity index (χ0v) is 15.8. The number of phenols is 1. The van der Waals surface area contributed by atoms with Gasteiger partial charge in [0.1, 0.15) is 16.6 Å². The standard InChI is InChI=1S/C20H16N2O3S2/c23-16-10-5-9-15(12-16)21-18(24)13-22-19(25)17(27-20(22)26)11-4-8-14-6-2-1-3-7-14/h1-12,23H,13H2,(H,21,24)/b8-4+,17-11-. The van der Waals surface area contributed by atoms with Crippen LogP contribution in [0.15, 0.2) is 71.7 Å². The molecule has 3 rings (SSSR count). The van der Waals surface area contributed by atoms with Gasteiger partial charge in [0.25, 0.3) is 5.91 Å². The van der Waals surface area contributed by atoms with Crippen LogP contribution in [-0.2, 0) is 9.59 Å². The number of carbonyl (C=O) groups is 2. The van der Waals surface area contributed by atoms with E-state index in [1.807, 2.05) is 36.4 Å². The van der Waals surface area contributed by atoms with Crippen LogP contribution in [0.25, 0.3) is 6.08 Å². The fraction of sp³-hybridized carbons (Fsp3) is 0.0500. The third-order valence-corrected chi connectivity index (χ3v) is 5.04. The molecule has 2 N–H and O–H groups in total. The molecule has 1 fully saturated rings. The van der Waals surface area contributed by atoms with Gasteiger partial charge in [-0.25, -0.2) is 0 Å². The van der Waals surface area contributed by atoms with Crippen molar-refractivity contribution in [1.82, 2.24) is 4.90 Å². The normalized spacial score (nSPS) is 15.7. The summed E-state index contributed by atoms with van der Waals surface area (Å²) in [7, 11) is 0. The molecule has 0 aromatic heterocycles. The van der Waals surface area contributed by atoms with Gasteiger partial charge in [0.05, 0.1) is 4.91 Å². The van der Waals surface area contributed by atoms with E-state index in [1.54, 1.807) is 24.3 Å². The second-order valence-electron chi connectivity index (χ2n) is 5.66. The molecule has 0 atom stereocenters. The molecule has 27 heavy (non-hydrogen) atoms. The minimum Gasteiger partial charge on any atom is -0.508 e. The van der Waals surface area contributed by atoms with Crippen molar-refractivity contribution in [2.24, 2.45) is 0 Å². The predicted molar refractivity (Wildman–Crippen MR) is 112 cm³/mol. The van der Waals surface area contributed by atoms with Crippen LogP contribution in [0.5, 0.6) is 5.75 Å². The number of carbonyl (C=O) groups excluding carboxylic acids is 2. The van der Waals surface area contributed by atoms with Crippen LogP contribution in [0, 0.1) is 0 Å². The average Bonchev–Trinajstić information content (AvgIpc) is 2.90. The zero-order chi connectivity index (χ0) is 19.2. The number of nitrogens with zero attached hydrogens (tertiary/aromatic N) is 1. The molecule has 7 heteroatoms. The van der Waals surface area contributed by atoms with E-state index in [0.717, 1.165) is 5.56 Å². The average molecular weight is 396 g/mol. The first-order valence-electron chi connectivity index (χ1n) is 8.09. The van der Waals surface area contributed by atoms with E-state index in [9.17, 15) is 14.7 Å². The first-order chi connectivity index (χ1) is 13.0. The Labute approximate surface area is 166 Å². The topological polar surface area (TPSA) is 69.6 Å². The van der Waals surface area contributed by atoms with Crippen molar-refractivity contribution in [3.8, 4) is 5.75 Å². The lowest BCUT2D eigenvalue weighted by molar-refractivity contribution is -0.126. The molecule has 0 bridgehead atoms. The molecule has 0 unspecified atom stereocenters. The highest BCUT2D eigenvalue weighted by Crippen LogP contribution is 2.31. The number of amides is 2. The van der Waals surface area contributed by atoms with Crippen molar-refractivity contribution in [2.75, 3.05) is 11.9 Å². The van der Waals surface area contributed by atoms with Crippen molar-refractivity contribution >= 4 is 51.9 Å². The Morgan fingerprint density at radius 1 is 1.19 bits per heavy atom. The first-order valence-corrected chi connectivity index (χ1v) is 9.31. The number of hydrogen-bond acceptors (Lipinski definition) is 5. The van der Waals surface area contributed by atoms with E-state index in [4.69, 9.17) is 12.2 Å². The number of rotatable bonds is 5. The van der Waals surface area contributed by atoms with Crippen molar-refractivity contribution < 1.29 is 14.7 Å². The van der Waals surface area contributed by atoms with Gasteiger partial charge in [0.2, 0.25) is 5.91 Å². The molecule has 0 saturated carbocycles. The smallest absolute Gasteiger partial charge is 0.266 e. The maximum atomic E-state index is 12.5. The molecule has 1 heterocycles. The van der Waals surface area contributed by atoms with Gasteiger partial charge in [0.15, 0.2) is 0 Å². The second kappa shape index (κ2) is 8.66. The van der Waals surface area contributed by atoms with E-state index in [0.29, 0.717) is 14.9 Å². The molecule has 1 saturated heterocycles. The SMILES string of the molecule is O=C(CN1C(=O)/C(=C/C=C/c2ccccc2)SC1=S)Nc1cccc(O)c1. The summed E-state index contributed by atoms with van der Waals surface area (Å²) in [6.07, 6.45) is 5.37. The minimum absolute atomic E-state index is 0.0477. The molecule has 0 radical (unpaired) electrons. The van der Waals surface area contributed by atoms with Crippen molar-refractivity contribution in [3.63, 3.8) is 0 Å². The number of allylic oxidation sites excluding steroid dienone is 2. The predicted octanol–water partition coefficient (Wildman–Crippen LogP) is 3.79. The van der Waals surface area contributed by atoms with E-state index >= 15 is 0 Å². The Kier molecular flexibility index (Phi) is 6.05. The van der Waals surface area contributed by atoms with Gasteiger partial charge < -0.3 is 10.4 Å². The summed E-state index contributed by atoms with van der Waals surface area (Å²) in [6.45, 7) is -0.180. The number of aromatic hydroxyl groups is 1. The molecule has 1 aliphatic heterocycles. The molecule has 136 valence electrons. The number of benzene rings is 2. The van der Waals surface area contributed by atoms with E-state index in [2.05, 4.69) is 5.32 Å².